The van der Waals surface area contributed by atoms with E-state index in [4.69, 9.17) is 23.2 Å². The fourth-order valence-corrected chi connectivity index (χ4v) is 5.15. The molecule has 1 N–H and O–H groups in total. The van der Waals surface area contributed by atoms with E-state index in [0.717, 1.165) is 12.1 Å². The summed E-state index contributed by atoms with van der Waals surface area (Å²) in [5, 5.41) is -0.0554. The number of sulfonamides is 1. The van der Waals surface area contributed by atoms with Crippen LogP contribution in [0, 0.1) is 5.82 Å². The van der Waals surface area contributed by atoms with Crippen molar-refractivity contribution < 1.29 is 12.8 Å². The maximum Gasteiger partial charge on any atom is 0.264 e. The molecule has 0 saturated heterocycles. The first-order valence-corrected chi connectivity index (χ1v) is 9.15. The molecule has 0 bridgehead atoms. The van der Waals surface area contributed by atoms with Crippen LogP contribution in [0.4, 0.5) is 10.1 Å². The predicted molar refractivity (Wildman–Crippen MR) is 89.1 cm³/mol. The van der Waals surface area contributed by atoms with Crippen molar-refractivity contribution in [1.29, 1.82) is 0 Å². The maximum absolute atomic E-state index is 13.0. The molecule has 2 aromatic rings. The molecule has 0 radical (unpaired) electrons. The molecule has 9 heteroatoms. The molecule has 0 atom stereocenters. The van der Waals surface area contributed by atoms with Crippen LogP contribution in [-0.4, -0.2) is 8.42 Å². The van der Waals surface area contributed by atoms with Gasteiger partial charge in [-0.2, -0.15) is 0 Å². The summed E-state index contributed by atoms with van der Waals surface area (Å²) in [6.45, 7) is 0. The number of halogens is 5. The highest BCUT2D eigenvalue weighted by atomic mass is 79.9. The van der Waals surface area contributed by atoms with Crippen LogP contribution in [-0.2, 0) is 10.0 Å². The normalized spacial score (nSPS) is 11.5. The topological polar surface area (TPSA) is 46.2 Å². The minimum Gasteiger partial charge on any atom is -0.278 e. The molecule has 0 spiro atoms. The smallest absolute Gasteiger partial charge is 0.264 e. The van der Waals surface area contributed by atoms with E-state index < -0.39 is 15.8 Å². The second kappa shape index (κ2) is 6.42. The lowest BCUT2D eigenvalue weighted by molar-refractivity contribution is 0.601. The summed E-state index contributed by atoms with van der Waals surface area (Å²) in [7, 11) is -4.01. The van der Waals surface area contributed by atoms with Crippen LogP contribution in [0.2, 0.25) is 10.0 Å². The van der Waals surface area contributed by atoms with Gasteiger partial charge in [-0.3, -0.25) is 4.72 Å². The second-order valence-corrected chi connectivity index (χ2v) is 8.13. The lowest BCUT2D eigenvalue weighted by Gasteiger charge is -2.12. The Kier molecular flexibility index (Phi) is 5.20. The van der Waals surface area contributed by atoms with Gasteiger partial charge < -0.3 is 0 Å². The fourth-order valence-electron chi connectivity index (χ4n) is 1.55. The molecule has 0 heterocycles. The van der Waals surface area contributed by atoms with Crippen molar-refractivity contribution in [2.24, 2.45) is 0 Å². The van der Waals surface area contributed by atoms with Crippen LogP contribution in [0.15, 0.2) is 44.2 Å². The van der Waals surface area contributed by atoms with Gasteiger partial charge in [0.15, 0.2) is 0 Å². The Labute approximate surface area is 147 Å². The zero-order valence-corrected chi connectivity index (χ0v) is 15.5. The summed E-state index contributed by atoms with van der Waals surface area (Å²) in [6, 6.07) is 6.40. The summed E-state index contributed by atoms with van der Waals surface area (Å²) >= 11 is 18.1. The number of hydrogen-bond donors (Lipinski definition) is 1. The third-order valence-electron chi connectivity index (χ3n) is 2.41. The Balaban J connectivity index is 2.48. The van der Waals surface area contributed by atoms with E-state index in [0.29, 0.717) is 4.47 Å². The number of rotatable bonds is 3. The molecule has 112 valence electrons. The molecule has 0 fully saturated rings. The summed E-state index contributed by atoms with van der Waals surface area (Å²) in [5.41, 5.74) is 0.173. The monoisotopic (exact) mass is 475 g/mol. The van der Waals surface area contributed by atoms with Crippen molar-refractivity contribution in [3.05, 3.63) is 55.1 Å². The predicted octanol–water partition coefficient (Wildman–Crippen LogP) is 5.46. The third-order valence-corrected chi connectivity index (χ3v) is 5.81. The van der Waals surface area contributed by atoms with Gasteiger partial charge in [0.2, 0.25) is 0 Å². The molecule has 0 amide bonds. The van der Waals surface area contributed by atoms with Gasteiger partial charge in [0.1, 0.15) is 10.7 Å². The molecule has 0 aliphatic rings. The number of benzene rings is 2. The van der Waals surface area contributed by atoms with Crippen molar-refractivity contribution in [3.63, 3.8) is 0 Å². The standard InChI is InChI=1S/C12H6Br2Cl2FNO2S/c13-6-3-9(15)12(10(16)4-6)21(19,20)18-11-2-1-7(17)5-8(11)14/h1-5,18H. The average molecular weight is 478 g/mol. The number of anilines is 1. The van der Waals surface area contributed by atoms with Crippen molar-refractivity contribution in [2.75, 3.05) is 4.72 Å². The van der Waals surface area contributed by atoms with Gasteiger partial charge in [-0.25, -0.2) is 12.8 Å². The molecule has 3 nitrogen and oxygen atoms in total. The molecule has 21 heavy (non-hydrogen) atoms. The molecular weight excluding hydrogens is 472 g/mol. The fraction of sp³-hybridized carbons (Fsp3) is 0. The first-order valence-electron chi connectivity index (χ1n) is 5.33. The summed E-state index contributed by atoms with van der Waals surface area (Å²) < 4.78 is 40.9. The van der Waals surface area contributed by atoms with Crippen LogP contribution in [0.25, 0.3) is 0 Å². The first kappa shape index (κ1) is 17.0. The SMILES string of the molecule is O=S(=O)(Nc1ccc(F)cc1Br)c1c(Cl)cc(Br)cc1Cl. The minimum absolute atomic E-state index is 0.0277. The average Bonchev–Trinajstić information content (AvgIpc) is 2.30. The van der Waals surface area contributed by atoms with E-state index in [-0.39, 0.29) is 25.1 Å². The molecule has 2 aromatic carbocycles. The Morgan fingerprint density at radius 1 is 1.05 bits per heavy atom. The third kappa shape index (κ3) is 3.90. The van der Waals surface area contributed by atoms with Crippen LogP contribution in [0.3, 0.4) is 0 Å². The molecular formula is C12H6Br2Cl2FNO2S. The van der Waals surface area contributed by atoms with Gasteiger partial charge in [0.05, 0.1) is 15.7 Å². The Morgan fingerprint density at radius 2 is 1.62 bits per heavy atom. The lowest BCUT2D eigenvalue weighted by atomic mass is 10.3. The summed E-state index contributed by atoms with van der Waals surface area (Å²) in [4.78, 5) is -0.245. The van der Waals surface area contributed by atoms with E-state index >= 15 is 0 Å². The van der Waals surface area contributed by atoms with Crippen molar-refractivity contribution >= 4 is 70.8 Å². The van der Waals surface area contributed by atoms with Crippen molar-refractivity contribution in [3.8, 4) is 0 Å². The van der Waals surface area contributed by atoms with Crippen molar-refractivity contribution in [1.82, 2.24) is 0 Å². The summed E-state index contributed by atoms with van der Waals surface area (Å²) in [5.74, 6) is -0.496. The van der Waals surface area contributed by atoms with Gasteiger partial charge >= 0.3 is 0 Å². The maximum atomic E-state index is 13.0. The number of hydrogen-bond acceptors (Lipinski definition) is 2. The summed E-state index contributed by atoms with van der Waals surface area (Å²) in [6.07, 6.45) is 0. The molecule has 0 aliphatic carbocycles. The first-order chi connectivity index (χ1) is 9.70. The quantitative estimate of drug-likeness (QED) is 0.638. The van der Waals surface area contributed by atoms with Gasteiger partial charge in [0, 0.05) is 8.95 Å². The van der Waals surface area contributed by atoms with E-state index in [2.05, 4.69) is 36.6 Å². The van der Waals surface area contributed by atoms with Crippen LogP contribution >= 0.6 is 55.1 Å². The van der Waals surface area contributed by atoms with Crippen LogP contribution in [0.5, 0.6) is 0 Å². The highest BCUT2D eigenvalue weighted by molar-refractivity contribution is 9.10. The molecule has 2 rings (SSSR count). The van der Waals surface area contributed by atoms with Crippen molar-refractivity contribution in [2.45, 2.75) is 4.90 Å². The molecule has 0 unspecified atom stereocenters. The number of nitrogens with one attached hydrogen (secondary N) is 1. The van der Waals surface area contributed by atoms with Gasteiger partial charge in [-0.15, -0.1) is 0 Å². The molecule has 0 aliphatic heterocycles. The van der Waals surface area contributed by atoms with E-state index in [1.54, 1.807) is 0 Å². The Hall–Kier alpha value is -0.340. The van der Waals surface area contributed by atoms with E-state index in [1.807, 2.05) is 0 Å². The van der Waals surface area contributed by atoms with Gasteiger partial charge in [-0.1, -0.05) is 39.1 Å². The lowest BCUT2D eigenvalue weighted by Crippen LogP contribution is -2.14. The van der Waals surface area contributed by atoms with Crippen LogP contribution < -0.4 is 4.72 Å². The Morgan fingerprint density at radius 3 is 2.14 bits per heavy atom. The minimum atomic E-state index is -4.01. The van der Waals surface area contributed by atoms with E-state index in [9.17, 15) is 12.8 Å². The Bertz CT molecular complexity index is 792. The van der Waals surface area contributed by atoms with Gasteiger partial charge in [0.25, 0.3) is 10.0 Å². The largest absolute Gasteiger partial charge is 0.278 e. The molecule has 0 aromatic heterocycles. The zero-order valence-electron chi connectivity index (χ0n) is 10.0. The highest BCUT2D eigenvalue weighted by Gasteiger charge is 2.23. The zero-order chi connectivity index (χ0) is 15.8. The van der Waals surface area contributed by atoms with Gasteiger partial charge in [-0.05, 0) is 46.3 Å². The molecule has 0 saturated carbocycles. The van der Waals surface area contributed by atoms with Crippen LogP contribution in [0.1, 0.15) is 0 Å². The van der Waals surface area contributed by atoms with E-state index in [1.165, 1.54) is 18.2 Å². The highest BCUT2D eigenvalue weighted by Crippen LogP contribution is 2.35. The second-order valence-electron chi connectivity index (χ2n) is 3.93.